The van der Waals surface area contributed by atoms with Crippen molar-refractivity contribution in [2.24, 2.45) is 0 Å². The van der Waals surface area contributed by atoms with E-state index in [4.69, 9.17) is 21.1 Å². The van der Waals surface area contributed by atoms with Gasteiger partial charge in [-0.1, -0.05) is 11.6 Å². The van der Waals surface area contributed by atoms with Gasteiger partial charge in [-0.15, -0.1) is 0 Å². The van der Waals surface area contributed by atoms with E-state index in [9.17, 15) is 18.8 Å². The number of amides is 3. The molecule has 3 aliphatic carbocycles. The van der Waals surface area contributed by atoms with Gasteiger partial charge < -0.3 is 25.4 Å². The third-order valence-electron chi connectivity index (χ3n) is 5.95. The zero-order valence-corrected chi connectivity index (χ0v) is 17.6. The van der Waals surface area contributed by atoms with Gasteiger partial charge in [0.15, 0.2) is 13.2 Å². The fourth-order valence-corrected chi connectivity index (χ4v) is 4.75. The number of hydrogen-bond acceptors (Lipinski definition) is 5. The molecule has 0 spiro atoms. The largest absolute Gasteiger partial charge is 0.484 e. The van der Waals surface area contributed by atoms with Crippen molar-refractivity contribution in [1.82, 2.24) is 10.6 Å². The van der Waals surface area contributed by atoms with Gasteiger partial charge in [0.05, 0.1) is 10.7 Å². The summed E-state index contributed by atoms with van der Waals surface area (Å²) in [6.07, 6.45) is 1.89. The maximum Gasteiger partial charge on any atom is 0.262 e. The molecule has 0 saturated heterocycles. The number of carbonyl (C=O) groups is 3. The molecule has 1 heterocycles. The van der Waals surface area contributed by atoms with Crippen molar-refractivity contribution >= 4 is 35.0 Å². The van der Waals surface area contributed by atoms with Gasteiger partial charge in [-0.2, -0.15) is 0 Å². The molecular formula is C22H19ClFN3O5. The SMILES string of the molecule is O=C1COc2cc(C(=O)NC34CC(NC(=O)COc5ccc(Cl)c(F)c5)(C3)C4)ccc2N1. The Kier molecular flexibility index (Phi) is 4.74. The number of rotatable bonds is 6. The normalized spacial score (nSPS) is 24.6. The fraction of sp³-hybridized carbons (Fsp3) is 0.318. The van der Waals surface area contributed by atoms with Crippen molar-refractivity contribution in [2.45, 2.75) is 30.3 Å². The van der Waals surface area contributed by atoms with E-state index in [1.807, 2.05) is 0 Å². The van der Waals surface area contributed by atoms with E-state index in [2.05, 4.69) is 16.0 Å². The first-order chi connectivity index (χ1) is 15.2. The molecule has 4 aliphatic rings. The Bertz CT molecular complexity index is 1130. The summed E-state index contributed by atoms with van der Waals surface area (Å²) in [5, 5.41) is 8.65. The summed E-state index contributed by atoms with van der Waals surface area (Å²) >= 11 is 5.63. The van der Waals surface area contributed by atoms with Crippen LogP contribution in [0.3, 0.4) is 0 Å². The van der Waals surface area contributed by atoms with Crippen molar-refractivity contribution in [1.29, 1.82) is 0 Å². The fourth-order valence-electron chi connectivity index (χ4n) is 4.63. The highest BCUT2D eigenvalue weighted by Gasteiger charge is 2.69. The van der Waals surface area contributed by atoms with Gasteiger partial charge in [0, 0.05) is 22.7 Å². The summed E-state index contributed by atoms with van der Waals surface area (Å²) in [6, 6.07) is 8.85. The Balaban J connectivity index is 1.11. The molecule has 1 aliphatic heterocycles. The molecule has 3 fully saturated rings. The van der Waals surface area contributed by atoms with Crippen LogP contribution in [0.15, 0.2) is 36.4 Å². The summed E-state index contributed by atoms with van der Waals surface area (Å²) < 4.78 is 24.1. The first-order valence-corrected chi connectivity index (χ1v) is 10.4. The number of halogens is 2. The highest BCUT2D eigenvalue weighted by atomic mass is 35.5. The monoisotopic (exact) mass is 459 g/mol. The van der Waals surface area contributed by atoms with Crippen molar-refractivity contribution < 1.29 is 28.2 Å². The lowest BCUT2D eigenvalue weighted by molar-refractivity contribution is -0.141. The quantitative estimate of drug-likeness (QED) is 0.615. The molecule has 0 atom stereocenters. The maximum atomic E-state index is 13.4. The Morgan fingerprint density at radius 3 is 2.62 bits per heavy atom. The highest BCUT2D eigenvalue weighted by Crippen LogP contribution is 2.60. The van der Waals surface area contributed by atoms with E-state index in [1.165, 1.54) is 12.1 Å². The Morgan fingerprint density at radius 2 is 1.88 bits per heavy atom. The first kappa shape index (κ1) is 20.6. The van der Waals surface area contributed by atoms with Gasteiger partial charge in [0.2, 0.25) is 0 Å². The average molecular weight is 460 g/mol. The highest BCUT2D eigenvalue weighted by molar-refractivity contribution is 6.30. The number of carbonyl (C=O) groups excluding carboxylic acids is 3. The second-order valence-corrected chi connectivity index (χ2v) is 8.91. The standard InChI is InChI=1S/C22H19ClFN3O5/c23-14-3-2-13(6-15(14)24)31-8-19(29)26-21-9-22(10-21,11-21)27-20(30)12-1-4-16-17(5-12)32-7-18(28)25-16/h1-6H,7-11H2,(H,25,28)(H,26,29)(H,27,30). The van der Waals surface area contributed by atoms with E-state index in [0.29, 0.717) is 36.3 Å². The van der Waals surface area contributed by atoms with Crippen LogP contribution in [0.1, 0.15) is 29.6 Å². The molecule has 6 rings (SSSR count). The number of fused-ring (bicyclic) bond motifs is 1. The molecule has 0 aromatic heterocycles. The second kappa shape index (κ2) is 7.37. The summed E-state index contributed by atoms with van der Waals surface area (Å²) in [4.78, 5) is 36.2. The average Bonchev–Trinajstić information content (AvgIpc) is 2.71. The van der Waals surface area contributed by atoms with E-state index in [0.717, 1.165) is 6.07 Å². The number of nitrogens with one attached hydrogen (secondary N) is 3. The van der Waals surface area contributed by atoms with Gasteiger partial charge in [-0.3, -0.25) is 14.4 Å². The number of anilines is 1. The van der Waals surface area contributed by atoms with Crippen LogP contribution in [0.25, 0.3) is 0 Å². The van der Waals surface area contributed by atoms with E-state index in [1.54, 1.807) is 18.2 Å². The van der Waals surface area contributed by atoms with Crippen LogP contribution in [0.4, 0.5) is 10.1 Å². The summed E-state index contributed by atoms with van der Waals surface area (Å²) in [7, 11) is 0. The Labute approximate surface area is 187 Å². The van der Waals surface area contributed by atoms with Crippen molar-refractivity contribution in [2.75, 3.05) is 18.5 Å². The lowest BCUT2D eigenvalue weighted by Gasteiger charge is -2.70. The lowest BCUT2D eigenvalue weighted by Crippen LogP contribution is -2.84. The topological polar surface area (TPSA) is 106 Å². The molecule has 2 aromatic rings. The molecule has 3 amide bonds. The molecule has 0 radical (unpaired) electrons. The smallest absolute Gasteiger partial charge is 0.262 e. The van der Waals surface area contributed by atoms with Gasteiger partial charge >= 0.3 is 0 Å². The van der Waals surface area contributed by atoms with E-state index >= 15 is 0 Å². The number of ether oxygens (including phenoxy) is 2. The molecule has 2 aromatic carbocycles. The van der Waals surface area contributed by atoms with Crippen molar-refractivity contribution in [3.63, 3.8) is 0 Å². The second-order valence-electron chi connectivity index (χ2n) is 8.51. The predicted octanol–water partition coefficient (Wildman–Crippen LogP) is 2.41. The van der Waals surface area contributed by atoms with Gasteiger partial charge in [-0.05, 0) is 49.6 Å². The van der Waals surface area contributed by atoms with Gasteiger partial charge in [0.1, 0.15) is 17.3 Å². The molecule has 8 nitrogen and oxygen atoms in total. The van der Waals surface area contributed by atoms with Crippen LogP contribution in [0, 0.1) is 5.82 Å². The Morgan fingerprint density at radius 1 is 1.12 bits per heavy atom. The summed E-state index contributed by atoms with van der Waals surface area (Å²) in [5.41, 5.74) is 0.289. The van der Waals surface area contributed by atoms with Gasteiger partial charge in [-0.25, -0.2) is 4.39 Å². The van der Waals surface area contributed by atoms with Gasteiger partial charge in [0.25, 0.3) is 17.7 Å². The molecule has 166 valence electrons. The van der Waals surface area contributed by atoms with Crippen LogP contribution in [-0.4, -0.2) is 42.0 Å². The summed E-state index contributed by atoms with van der Waals surface area (Å²) in [6.45, 7) is -0.325. The minimum absolute atomic E-state index is 0.0160. The predicted molar refractivity (Wildman–Crippen MR) is 112 cm³/mol. The van der Waals surface area contributed by atoms with E-state index < -0.39 is 5.82 Å². The van der Waals surface area contributed by atoms with Crippen molar-refractivity contribution in [3.8, 4) is 11.5 Å². The zero-order valence-electron chi connectivity index (χ0n) is 16.8. The van der Waals surface area contributed by atoms with Crippen LogP contribution in [0.2, 0.25) is 5.02 Å². The molecule has 0 unspecified atom stereocenters. The molecule has 2 bridgehead atoms. The third-order valence-corrected chi connectivity index (χ3v) is 6.26. The summed E-state index contributed by atoms with van der Waals surface area (Å²) in [5.74, 6) is -0.718. The first-order valence-electron chi connectivity index (χ1n) is 10.0. The molecule has 3 N–H and O–H groups in total. The van der Waals surface area contributed by atoms with Crippen LogP contribution >= 0.6 is 11.6 Å². The number of benzene rings is 2. The van der Waals surface area contributed by atoms with Crippen LogP contribution in [0.5, 0.6) is 11.5 Å². The third kappa shape index (κ3) is 3.73. The van der Waals surface area contributed by atoms with Crippen LogP contribution < -0.4 is 25.4 Å². The zero-order chi connectivity index (χ0) is 22.5. The van der Waals surface area contributed by atoms with E-state index in [-0.39, 0.29) is 52.8 Å². The minimum atomic E-state index is -0.614. The lowest BCUT2D eigenvalue weighted by atomic mass is 9.44. The maximum absolute atomic E-state index is 13.4. The molecule has 32 heavy (non-hydrogen) atoms. The molecule has 10 heteroatoms. The Hall–Kier alpha value is -3.33. The molecular weight excluding hydrogens is 441 g/mol. The molecule has 3 saturated carbocycles. The minimum Gasteiger partial charge on any atom is -0.484 e. The van der Waals surface area contributed by atoms with Crippen molar-refractivity contribution in [3.05, 3.63) is 52.8 Å². The number of hydrogen-bond donors (Lipinski definition) is 3. The van der Waals surface area contributed by atoms with Crippen LogP contribution in [-0.2, 0) is 9.59 Å².